The summed E-state index contributed by atoms with van der Waals surface area (Å²) >= 11 is 2.79. The summed E-state index contributed by atoms with van der Waals surface area (Å²) in [6.07, 6.45) is 30.5. The second kappa shape index (κ2) is 20.1. The summed E-state index contributed by atoms with van der Waals surface area (Å²) in [6.45, 7) is 4.62. The van der Waals surface area contributed by atoms with Crippen LogP contribution in [0.2, 0.25) is 0 Å². The molecule has 1 saturated carbocycles. The van der Waals surface area contributed by atoms with Gasteiger partial charge in [0.2, 0.25) is 0 Å². The van der Waals surface area contributed by atoms with Crippen molar-refractivity contribution in [1.82, 2.24) is 4.90 Å². The molecule has 186 valence electrons. The number of halogens is 1. The molecule has 0 bridgehead atoms. The molecular weight excluding hydrogens is 489 g/mol. The number of nitrogens with zero attached hydrogens (tertiary/aromatic N) is 1. The molecule has 2 heteroatoms. The average Bonchev–Trinajstić information content (AvgIpc) is 3.53. The zero-order valence-electron chi connectivity index (χ0n) is 22.0. The third-order valence-corrected chi connectivity index (χ3v) is 9.31. The van der Waals surface area contributed by atoms with E-state index in [0.29, 0.717) is 0 Å². The Hall–Kier alpha value is 0.690. The number of hydrogen-bond acceptors (Lipinski definition) is 1. The fourth-order valence-electron chi connectivity index (χ4n) is 5.34. The standard InChI is InChI=1S/C29H58IN/c1-5-7-9-11-13-17-21-26-25-28(26)29(30)24-20-16-15-19-23-27(31(3)4)22-18-14-12-10-8-6-2/h26-29H,5-25H2,1-4H3/t26-,27?,28+,29?/m1/s1. The van der Waals surface area contributed by atoms with Crippen molar-refractivity contribution in [3.63, 3.8) is 0 Å². The summed E-state index contributed by atoms with van der Waals surface area (Å²) in [7, 11) is 4.58. The molecule has 0 aromatic carbocycles. The van der Waals surface area contributed by atoms with Crippen LogP contribution in [-0.2, 0) is 0 Å². The quantitative estimate of drug-likeness (QED) is 0.0699. The van der Waals surface area contributed by atoms with E-state index in [-0.39, 0.29) is 0 Å². The van der Waals surface area contributed by atoms with E-state index in [1.54, 1.807) is 6.42 Å². The topological polar surface area (TPSA) is 3.24 Å². The molecule has 0 radical (unpaired) electrons. The molecule has 31 heavy (non-hydrogen) atoms. The van der Waals surface area contributed by atoms with Crippen LogP contribution in [0.4, 0.5) is 0 Å². The number of unbranched alkanes of at least 4 members (excludes halogenated alkanes) is 13. The minimum atomic E-state index is 0.817. The van der Waals surface area contributed by atoms with Crippen LogP contribution in [0.15, 0.2) is 0 Å². The van der Waals surface area contributed by atoms with E-state index >= 15 is 0 Å². The lowest BCUT2D eigenvalue weighted by Gasteiger charge is -2.24. The number of hydrogen-bond donors (Lipinski definition) is 0. The van der Waals surface area contributed by atoms with Gasteiger partial charge in [-0.3, -0.25) is 0 Å². The van der Waals surface area contributed by atoms with Gasteiger partial charge in [-0.2, -0.15) is 0 Å². The summed E-state index contributed by atoms with van der Waals surface area (Å²) in [5.41, 5.74) is 0. The SMILES string of the molecule is CCCCCCCCC(CCCCCCC(I)[C@H]1C[C@H]1CCCCCCCC)N(C)C. The van der Waals surface area contributed by atoms with Crippen LogP contribution in [0.1, 0.15) is 149 Å². The molecule has 0 amide bonds. The normalized spacial score (nSPS) is 20.3. The van der Waals surface area contributed by atoms with Gasteiger partial charge in [-0.1, -0.05) is 146 Å². The lowest BCUT2D eigenvalue weighted by atomic mass is 9.99. The van der Waals surface area contributed by atoms with Gasteiger partial charge in [-0.25, -0.2) is 0 Å². The van der Waals surface area contributed by atoms with Crippen molar-refractivity contribution in [1.29, 1.82) is 0 Å². The lowest BCUT2D eigenvalue weighted by molar-refractivity contribution is 0.251. The van der Waals surface area contributed by atoms with E-state index in [1.165, 1.54) is 128 Å². The van der Waals surface area contributed by atoms with Crippen molar-refractivity contribution in [2.45, 2.75) is 159 Å². The fraction of sp³-hybridized carbons (Fsp3) is 1.00. The molecule has 1 rings (SSSR count). The molecule has 1 nitrogen and oxygen atoms in total. The first-order valence-electron chi connectivity index (χ1n) is 14.4. The molecule has 1 fully saturated rings. The molecule has 0 aromatic heterocycles. The monoisotopic (exact) mass is 547 g/mol. The van der Waals surface area contributed by atoms with Crippen molar-refractivity contribution < 1.29 is 0 Å². The van der Waals surface area contributed by atoms with Gasteiger partial charge in [-0.15, -0.1) is 0 Å². The zero-order chi connectivity index (χ0) is 22.7. The molecule has 0 aliphatic heterocycles. The Morgan fingerprint density at radius 3 is 1.61 bits per heavy atom. The Bertz CT molecular complexity index is 383. The number of alkyl halides is 1. The van der Waals surface area contributed by atoms with Crippen molar-refractivity contribution in [2.75, 3.05) is 14.1 Å². The van der Waals surface area contributed by atoms with E-state index in [1.807, 2.05) is 0 Å². The predicted octanol–water partition coefficient (Wildman–Crippen LogP) is 10.2. The Labute approximate surface area is 211 Å². The highest BCUT2D eigenvalue weighted by molar-refractivity contribution is 14.1. The van der Waals surface area contributed by atoms with Crippen LogP contribution in [0.5, 0.6) is 0 Å². The third-order valence-electron chi connectivity index (χ3n) is 7.76. The van der Waals surface area contributed by atoms with Crippen molar-refractivity contribution in [2.24, 2.45) is 11.8 Å². The Kier molecular flexibility index (Phi) is 19.3. The first-order chi connectivity index (χ1) is 15.1. The van der Waals surface area contributed by atoms with Gasteiger partial charge in [0.15, 0.2) is 0 Å². The molecule has 0 aromatic rings. The Morgan fingerprint density at radius 2 is 1.10 bits per heavy atom. The Morgan fingerprint density at radius 1 is 0.645 bits per heavy atom. The maximum absolute atomic E-state index is 2.79. The van der Waals surface area contributed by atoms with Crippen LogP contribution in [0, 0.1) is 11.8 Å². The van der Waals surface area contributed by atoms with Gasteiger partial charge >= 0.3 is 0 Å². The fourth-order valence-corrected chi connectivity index (χ4v) is 6.66. The Balaban J connectivity index is 1.96. The van der Waals surface area contributed by atoms with E-state index in [9.17, 15) is 0 Å². The van der Waals surface area contributed by atoms with E-state index < -0.39 is 0 Å². The molecule has 1 aliphatic carbocycles. The van der Waals surface area contributed by atoms with Gasteiger partial charge in [0.1, 0.15) is 0 Å². The molecule has 1 aliphatic rings. The number of rotatable bonds is 23. The zero-order valence-corrected chi connectivity index (χ0v) is 24.1. The molecule has 0 heterocycles. The molecule has 4 atom stereocenters. The molecular formula is C29H58IN. The lowest BCUT2D eigenvalue weighted by Crippen LogP contribution is -2.27. The largest absolute Gasteiger partial charge is 0.306 e. The molecule has 0 N–H and O–H groups in total. The van der Waals surface area contributed by atoms with Crippen molar-refractivity contribution >= 4 is 22.6 Å². The highest BCUT2D eigenvalue weighted by atomic mass is 127. The van der Waals surface area contributed by atoms with Crippen molar-refractivity contribution in [3.8, 4) is 0 Å². The highest BCUT2D eigenvalue weighted by Crippen LogP contribution is 2.48. The van der Waals surface area contributed by atoms with Crippen LogP contribution >= 0.6 is 22.6 Å². The van der Waals surface area contributed by atoms with Gasteiger partial charge in [-0.05, 0) is 51.6 Å². The first kappa shape index (κ1) is 29.7. The maximum Gasteiger partial charge on any atom is 0.0141 e. The van der Waals surface area contributed by atoms with Crippen LogP contribution in [0.3, 0.4) is 0 Å². The minimum Gasteiger partial charge on any atom is -0.306 e. The molecule has 2 unspecified atom stereocenters. The van der Waals surface area contributed by atoms with Crippen LogP contribution in [-0.4, -0.2) is 29.0 Å². The van der Waals surface area contributed by atoms with Gasteiger partial charge in [0, 0.05) is 9.97 Å². The molecule has 0 spiro atoms. The minimum absolute atomic E-state index is 0.817. The smallest absolute Gasteiger partial charge is 0.0141 e. The predicted molar refractivity (Wildman–Crippen MR) is 151 cm³/mol. The summed E-state index contributed by atoms with van der Waals surface area (Å²) in [4.78, 5) is 2.49. The second-order valence-corrected chi connectivity index (χ2v) is 12.5. The summed E-state index contributed by atoms with van der Waals surface area (Å²) in [6, 6.07) is 0.817. The van der Waals surface area contributed by atoms with E-state index in [0.717, 1.165) is 21.8 Å². The van der Waals surface area contributed by atoms with Crippen LogP contribution < -0.4 is 0 Å². The second-order valence-electron chi connectivity index (χ2n) is 10.9. The maximum atomic E-state index is 2.79. The van der Waals surface area contributed by atoms with Crippen molar-refractivity contribution in [3.05, 3.63) is 0 Å². The molecule has 0 saturated heterocycles. The summed E-state index contributed by atoms with van der Waals surface area (Å²) in [5, 5.41) is 0. The van der Waals surface area contributed by atoms with Gasteiger partial charge < -0.3 is 4.90 Å². The van der Waals surface area contributed by atoms with Gasteiger partial charge in [0.05, 0.1) is 0 Å². The van der Waals surface area contributed by atoms with E-state index in [4.69, 9.17) is 0 Å². The first-order valence-corrected chi connectivity index (χ1v) is 15.6. The van der Waals surface area contributed by atoms with Crippen LogP contribution in [0.25, 0.3) is 0 Å². The van der Waals surface area contributed by atoms with E-state index in [2.05, 4.69) is 55.4 Å². The summed E-state index contributed by atoms with van der Waals surface area (Å²) in [5.74, 6) is 2.17. The summed E-state index contributed by atoms with van der Waals surface area (Å²) < 4.78 is 0.963. The van der Waals surface area contributed by atoms with Gasteiger partial charge in [0.25, 0.3) is 0 Å². The third kappa shape index (κ3) is 16.0. The average molecular weight is 548 g/mol. The highest BCUT2D eigenvalue weighted by Gasteiger charge is 2.40.